The summed E-state index contributed by atoms with van der Waals surface area (Å²) >= 11 is 0. The smallest absolute Gasteiger partial charge is 0.307 e. The lowest BCUT2D eigenvalue weighted by atomic mass is 9.72. The highest BCUT2D eigenvalue weighted by atomic mass is 27.0. The first-order valence-electron chi connectivity index (χ1n) is 6.01. The number of unbranched alkanes of at least 4 members (excludes halogenated alkanes) is 1. The van der Waals surface area contributed by atoms with Crippen molar-refractivity contribution in [3.8, 4) is 0 Å². The first kappa shape index (κ1) is 16.5. The molecule has 1 rings (SSSR count). The van der Waals surface area contributed by atoms with E-state index in [2.05, 4.69) is 6.92 Å². The minimum absolute atomic E-state index is 0. The largest absolute Gasteiger partial charge is 0.481 e. The second kappa shape index (κ2) is 7.73. The Kier molecular flexibility index (Phi) is 7.49. The molecule has 2 N–H and O–H groups in total. The van der Waals surface area contributed by atoms with Gasteiger partial charge in [0.1, 0.15) is 0 Å². The van der Waals surface area contributed by atoms with Crippen LogP contribution in [0.5, 0.6) is 0 Å². The fourth-order valence-electron chi connectivity index (χ4n) is 2.58. The SMILES string of the molecule is CCCCC1CCC(C(=O)O)C(C(=O)O)C1.[Al]. The molecule has 0 spiro atoms. The maximum Gasteiger partial charge on any atom is 0.307 e. The Morgan fingerprint density at radius 2 is 1.71 bits per heavy atom. The van der Waals surface area contributed by atoms with E-state index in [1.807, 2.05) is 0 Å². The molecule has 0 aromatic heterocycles. The Morgan fingerprint density at radius 3 is 2.18 bits per heavy atom. The van der Waals surface area contributed by atoms with Gasteiger partial charge < -0.3 is 10.2 Å². The van der Waals surface area contributed by atoms with Gasteiger partial charge in [-0.3, -0.25) is 9.59 Å². The van der Waals surface area contributed by atoms with Crippen molar-refractivity contribution in [3.63, 3.8) is 0 Å². The van der Waals surface area contributed by atoms with E-state index in [9.17, 15) is 9.59 Å². The third-order valence-corrected chi connectivity index (χ3v) is 3.56. The molecule has 0 aromatic rings. The molecule has 1 saturated carbocycles. The maximum absolute atomic E-state index is 11.0. The van der Waals surface area contributed by atoms with Crippen molar-refractivity contribution in [2.45, 2.75) is 45.4 Å². The number of carboxylic acid groups (broad SMARTS) is 2. The van der Waals surface area contributed by atoms with Crippen molar-refractivity contribution >= 4 is 29.3 Å². The molecule has 1 aliphatic rings. The second-order valence-electron chi connectivity index (χ2n) is 4.71. The molecule has 1 fully saturated rings. The van der Waals surface area contributed by atoms with Gasteiger partial charge in [0.15, 0.2) is 0 Å². The lowest BCUT2D eigenvalue weighted by Crippen LogP contribution is -2.35. The monoisotopic (exact) mass is 255 g/mol. The van der Waals surface area contributed by atoms with Gasteiger partial charge in [-0.25, -0.2) is 0 Å². The maximum atomic E-state index is 11.0. The van der Waals surface area contributed by atoms with Gasteiger partial charge in [-0.15, -0.1) is 0 Å². The van der Waals surface area contributed by atoms with Crippen LogP contribution in [0.3, 0.4) is 0 Å². The number of hydrogen-bond acceptors (Lipinski definition) is 2. The molecule has 0 amide bonds. The Bertz CT molecular complexity index is 267. The molecule has 3 atom stereocenters. The van der Waals surface area contributed by atoms with Crippen LogP contribution in [0.25, 0.3) is 0 Å². The predicted octanol–water partition coefficient (Wildman–Crippen LogP) is 2.00. The van der Waals surface area contributed by atoms with E-state index < -0.39 is 23.8 Å². The van der Waals surface area contributed by atoms with Crippen LogP contribution in [-0.2, 0) is 9.59 Å². The van der Waals surface area contributed by atoms with E-state index in [0.29, 0.717) is 18.8 Å². The van der Waals surface area contributed by atoms with Crippen molar-refractivity contribution < 1.29 is 19.8 Å². The highest BCUT2D eigenvalue weighted by Gasteiger charge is 2.38. The molecular formula is C12H20AlO4. The molecule has 0 aliphatic heterocycles. The minimum Gasteiger partial charge on any atom is -0.481 e. The summed E-state index contributed by atoms with van der Waals surface area (Å²) < 4.78 is 0. The Hall–Kier alpha value is -0.528. The van der Waals surface area contributed by atoms with E-state index in [1.54, 1.807) is 0 Å². The normalized spacial score (nSPS) is 28.2. The summed E-state index contributed by atoms with van der Waals surface area (Å²) in [6, 6.07) is 0. The number of hydrogen-bond donors (Lipinski definition) is 2. The third kappa shape index (κ3) is 4.69. The van der Waals surface area contributed by atoms with E-state index in [0.717, 1.165) is 25.7 Å². The Balaban J connectivity index is 0.00000256. The fourth-order valence-corrected chi connectivity index (χ4v) is 2.58. The summed E-state index contributed by atoms with van der Waals surface area (Å²) in [5.41, 5.74) is 0. The van der Waals surface area contributed by atoms with Crippen molar-refractivity contribution in [1.82, 2.24) is 0 Å². The zero-order valence-corrected chi connectivity index (χ0v) is 11.4. The third-order valence-electron chi connectivity index (χ3n) is 3.56. The molecule has 0 aromatic carbocycles. The van der Waals surface area contributed by atoms with Gasteiger partial charge in [0.05, 0.1) is 11.8 Å². The fraction of sp³-hybridized carbons (Fsp3) is 0.833. The molecule has 0 heterocycles. The molecule has 17 heavy (non-hydrogen) atoms. The van der Waals surface area contributed by atoms with Gasteiger partial charge in [0.2, 0.25) is 0 Å². The molecule has 0 saturated heterocycles. The molecule has 1 aliphatic carbocycles. The van der Waals surface area contributed by atoms with Crippen LogP contribution < -0.4 is 0 Å². The van der Waals surface area contributed by atoms with Crippen LogP contribution in [0.2, 0.25) is 0 Å². The topological polar surface area (TPSA) is 74.6 Å². The molecule has 5 heteroatoms. The van der Waals surface area contributed by atoms with Crippen molar-refractivity contribution in [3.05, 3.63) is 0 Å². The molecule has 95 valence electrons. The van der Waals surface area contributed by atoms with Crippen LogP contribution in [0.15, 0.2) is 0 Å². The van der Waals surface area contributed by atoms with E-state index in [4.69, 9.17) is 10.2 Å². The van der Waals surface area contributed by atoms with Crippen LogP contribution >= 0.6 is 0 Å². The summed E-state index contributed by atoms with van der Waals surface area (Å²) in [6.45, 7) is 2.11. The number of carboxylic acids is 2. The highest BCUT2D eigenvalue weighted by Crippen LogP contribution is 2.36. The quantitative estimate of drug-likeness (QED) is 0.737. The lowest BCUT2D eigenvalue weighted by Gasteiger charge is -2.31. The van der Waals surface area contributed by atoms with E-state index >= 15 is 0 Å². The zero-order valence-electron chi connectivity index (χ0n) is 10.3. The Labute approximate surface area is 113 Å². The summed E-state index contributed by atoms with van der Waals surface area (Å²) in [5.74, 6) is -2.88. The molecule has 3 radical (unpaired) electrons. The van der Waals surface area contributed by atoms with Crippen molar-refractivity contribution in [2.75, 3.05) is 0 Å². The van der Waals surface area contributed by atoms with Crippen LogP contribution in [0, 0.1) is 17.8 Å². The molecular weight excluding hydrogens is 235 g/mol. The summed E-state index contributed by atoms with van der Waals surface area (Å²) in [5, 5.41) is 18.0. The van der Waals surface area contributed by atoms with Gasteiger partial charge in [0, 0.05) is 17.4 Å². The second-order valence-corrected chi connectivity index (χ2v) is 4.71. The van der Waals surface area contributed by atoms with E-state index in [1.165, 1.54) is 0 Å². The minimum atomic E-state index is -0.957. The zero-order chi connectivity index (χ0) is 12.1. The molecule has 4 nitrogen and oxygen atoms in total. The summed E-state index contributed by atoms with van der Waals surface area (Å²) in [7, 11) is 0. The standard InChI is InChI=1S/C12H20O4.Al/c1-2-3-4-8-5-6-9(11(13)14)10(7-8)12(15)16;/h8-10H,2-7H2,1H3,(H,13,14)(H,15,16);. The van der Waals surface area contributed by atoms with Crippen molar-refractivity contribution in [2.24, 2.45) is 17.8 Å². The highest BCUT2D eigenvalue weighted by molar-refractivity contribution is 5.80. The number of aliphatic carboxylic acids is 2. The number of carbonyl (C=O) groups is 2. The van der Waals surface area contributed by atoms with Crippen LogP contribution in [-0.4, -0.2) is 39.5 Å². The van der Waals surface area contributed by atoms with E-state index in [-0.39, 0.29) is 17.4 Å². The van der Waals surface area contributed by atoms with Gasteiger partial charge in [0.25, 0.3) is 0 Å². The molecule has 0 bridgehead atoms. The van der Waals surface area contributed by atoms with Crippen LogP contribution in [0.1, 0.15) is 45.4 Å². The first-order chi connectivity index (χ1) is 7.56. The summed E-state index contributed by atoms with van der Waals surface area (Å²) in [6.07, 6.45) is 5.16. The first-order valence-corrected chi connectivity index (χ1v) is 6.01. The average Bonchev–Trinajstić information content (AvgIpc) is 2.25. The predicted molar refractivity (Wildman–Crippen MR) is 64.9 cm³/mol. The van der Waals surface area contributed by atoms with Gasteiger partial charge in [-0.2, -0.15) is 0 Å². The van der Waals surface area contributed by atoms with Crippen LogP contribution in [0.4, 0.5) is 0 Å². The lowest BCUT2D eigenvalue weighted by molar-refractivity contribution is -0.156. The Morgan fingerprint density at radius 1 is 1.12 bits per heavy atom. The molecule has 3 unspecified atom stereocenters. The van der Waals surface area contributed by atoms with Gasteiger partial charge in [-0.1, -0.05) is 26.2 Å². The van der Waals surface area contributed by atoms with Gasteiger partial charge in [-0.05, 0) is 25.2 Å². The van der Waals surface area contributed by atoms with Gasteiger partial charge >= 0.3 is 11.9 Å². The average molecular weight is 255 g/mol. The number of rotatable bonds is 5. The summed E-state index contributed by atoms with van der Waals surface area (Å²) in [4.78, 5) is 22.0. The van der Waals surface area contributed by atoms with Crippen molar-refractivity contribution in [1.29, 1.82) is 0 Å².